The first-order valence-electron chi connectivity index (χ1n) is 6.54. The van der Waals surface area contributed by atoms with Gasteiger partial charge < -0.3 is 4.74 Å². The summed E-state index contributed by atoms with van der Waals surface area (Å²) in [6.07, 6.45) is 1.99. The molecule has 0 amide bonds. The van der Waals surface area contributed by atoms with E-state index in [1.807, 2.05) is 26.8 Å². The fourth-order valence-electron chi connectivity index (χ4n) is 1.93. The summed E-state index contributed by atoms with van der Waals surface area (Å²) >= 11 is 11.8. The van der Waals surface area contributed by atoms with E-state index < -0.39 is 0 Å². The van der Waals surface area contributed by atoms with Gasteiger partial charge in [-0.1, -0.05) is 18.5 Å². The van der Waals surface area contributed by atoms with Crippen molar-refractivity contribution in [1.29, 1.82) is 0 Å². The van der Waals surface area contributed by atoms with Gasteiger partial charge in [0.2, 0.25) is 0 Å². The van der Waals surface area contributed by atoms with Gasteiger partial charge in [-0.15, -0.1) is 11.6 Å². The number of benzene rings is 1. The van der Waals surface area contributed by atoms with Crippen LogP contribution >= 0.6 is 23.2 Å². The summed E-state index contributed by atoms with van der Waals surface area (Å²) < 4.78 is 5.74. The van der Waals surface area contributed by atoms with Crippen LogP contribution in [-0.2, 0) is 0 Å². The molecule has 1 rings (SSSR count). The lowest BCUT2D eigenvalue weighted by atomic mass is 9.97. The van der Waals surface area contributed by atoms with Crippen molar-refractivity contribution in [2.24, 2.45) is 0 Å². The highest BCUT2D eigenvalue weighted by atomic mass is 35.5. The van der Waals surface area contributed by atoms with Gasteiger partial charge in [0.25, 0.3) is 0 Å². The van der Waals surface area contributed by atoms with Crippen molar-refractivity contribution in [1.82, 2.24) is 0 Å². The molecule has 0 aliphatic rings. The molecule has 0 aliphatic carbocycles. The smallest absolute Gasteiger partial charge is 0.166 e. The summed E-state index contributed by atoms with van der Waals surface area (Å²) in [6.45, 7) is 6.40. The molecule has 19 heavy (non-hydrogen) atoms. The molecular weight excluding hydrogens is 283 g/mol. The Morgan fingerprint density at radius 3 is 2.63 bits per heavy atom. The summed E-state index contributed by atoms with van der Waals surface area (Å²) in [5.41, 5.74) is 2.31. The minimum atomic E-state index is 0.0508. The fourth-order valence-corrected chi connectivity index (χ4v) is 2.32. The Labute approximate surface area is 125 Å². The number of halogens is 2. The van der Waals surface area contributed by atoms with Gasteiger partial charge in [-0.2, -0.15) is 0 Å². The monoisotopic (exact) mass is 302 g/mol. The zero-order valence-corrected chi connectivity index (χ0v) is 13.2. The predicted molar refractivity (Wildman–Crippen MR) is 81.0 cm³/mol. The Morgan fingerprint density at radius 2 is 2.05 bits per heavy atom. The molecule has 106 valence electrons. The zero-order valence-electron chi connectivity index (χ0n) is 11.7. The van der Waals surface area contributed by atoms with Crippen LogP contribution in [0.15, 0.2) is 6.07 Å². The van der Waals surface area contributed by atoms with Crippen LogP contribution in [0.4, 0.5) is 0 Å². The quantitative estimate of drug-likeness (QED) is 0.526. The number of hydrogen-bond acceptors (Lipinski definition) is 2. The Kier molecular flexibility index (Phi) is 6.67. The molecule has 0 heterocycles. The summed E-state index contributed by atoms with van der Waals surface area (Å²) in [5.74, 6) is 1.20. The number of alkyl halides is 1. The van der Waals surface area contributed by atoms with Gasteiger partial charge >= 0.3 is 0 Å². The molecule has 0 saturated carbocycles. The van der Waals surface area contributed by atoms with Gasteiger partial charge in [0.1, 0.15) is 5.75 Å². The van der Waals surface area contributed by atoms with Gasteiger partial charge in [0.15, 0.2) is 5.78 Å². The van der Waals surface area contributed by atoms with E-state index >= 15 is 0 Å². The minimum Gasteiger partial charge on any atom is -0.493 e. The molecule has 4 heteroatoms. The van der Waals surface area contributed by atoms with E-state index in [1.54, 1.807) is 0 Å². The number of carbonyl (C=O) groups is 1. The van der Waals surface area contributed by atoms with Crippen molar-refractivity contribution in [2.45, 2.75) is 40.0 Å². The highest BCUT2D eigenvalue weighted by molar-refractivity contribution is 6.32. The van der Waals surface area contributed by atoms with E-state index in [2.05, 4.69) is 0 Å². The van der Waals surface area contributed by atoms with Crippen LogP contribution in [-0.4, -0.2) is 18.3 Å². The Hall–Kier alpha value is -0.730. The summed E-state index contributed by atoms with van der Waals surface area (Å²) in [5, 5.41) is 0.607. The van der Waals surface area contributed by atoms with Crippen molar-refractivity contribution in [3.8, 4) is 5.75 Å². The lowest BCUT2D eigenvalue weighted by molar-refractivity contribution is 0.0977. The second-order valence-electron chi connectivity index (χ2n) is 4.57. The third kappa shape index (κ3) is 4.12. The van der Waals surface area contributed by atoms with Crippen LogP contribution in [0, 0.1) is 13.8 Å². The van der Waals surface area contributed by atoms with E-state index in [4.69, 9.17) is 27.9 Å². The van der Waals surface area contributed by atoms with Crippen molar-refractivity contribution in [3.05, 3.63) is 27.8 Å². The largest absolute Gasteiger partial charge is 0.493 e. The van der Waals surface area contributed by atoms with Gasteiger partial charge in [-0.3, -0.25) is 4.79 Å². The predicted octanol–water partition coefficient (Wildman–Crippen LogP) is 4.95. The van der Waals surface area contributed by atoms with Gasteiger partial charge in [0, 0.05) is 17.3 Å². The zero-order chi connectivity index (χ0) is 14.4. The second kappa shape index (κ2) is 7.76. The number of Topliss-reactive ketones (excluding diaryl/α,β-unsaturated/α-hetero) is 1. The molecule has 0 bridgehead atoms. The first-order valence-corrected chi connectivity index (χ1v) is 7.45. The molecular formula is C15H20Cl2O2. The average molecular weight is 303 g/mol. The van der Waals surface area contributed by atoms with Gasteiger partial charge in [-0.25, -0.2) is 0 Å². The average Bonchev–Trinajstić information content (AvgIpc) is 2.38. The first-order chi connectivity index (χ1) is 9.02. The molecule has 1 aromatic carbocycles. The van der Waals surface area contributed by atoms with Gasteiger partial charge in [0.05, 0.1) is 12.2 Å². The third-order valence-corrected chi connectivity index (χ3v) is 3.59. The third-order valence-electron chi connectivity index (χ3n) is 2.93. The standard InChI is InChI=1S/C15H20Cl2O2/c1-4-8-19-15-10(2)9-12(17)11(3)14(15)13(18)6-5-7-16/h9H,4-8H2,1-3H3. The summed E-state index contributed by atoms with van der Waals surface area (Å²) in [7, 11) is 0. The summed E-state index contributed by atoms with van der Waals surface area (Å²) in [4.78, 5) is 12.3. The molecule has 0 atom stereocenters. The SMILES string of the molecule is CCCOc1c(C)cc(Cl)c(C)c1C(=O)CCCCl. The van der Waals surface area contributed by atoms with Crippen LogP contribution in [0.2, 0.25) is 5.02 Å². The maximum atomic E-state index is 12.3. The molecule has 0 spiro atoms. The van der Waals surface area contributed by atoms with Crippen molar-refractivity contribution < 1.29 is 9.53 Å². The Balaban J connectivity index is 3.19. The number of ketones is 1. The van der Waals surface area contributed by atoms with Gasteiger partial charge in [-0.05, 0) is 43.9 Å². The number of hydrogen-bond donors (Lipinski definition) is 0. The molecule has 0 radical (unpaired) electrons. The van der Waals surface area contributed by atoms with E-state index in [-0.39, 0.29) is 5.78 Å². The van der Waals surface area contributed by atoms with Crippen molar-refractivity contribution >= 4 is 29.0 Å². The topological polar surface area (TPSA) is 26.3 Å². The normalized spacial score (nSPS) is 10.6. The molecule has 1 aromatic rings. The molecule has 0 aliphatic heterocycles. The lowest BCUT2D eigenvalue weighted by Gasteiger charge is -2.16. The van der Waals surface area contributed by atoms with Crippen LogP contribution in [0.5, 0.6) is 5.75 Å². The number of aryl methyl sites for hydroxylation is 1. The van der Waals surface area contributed by atoms with Crippen LogP contribution < -0.4 is 4.74 Å². The van der Waals surface area contributed by atoms with E-state index in [9.17, 15) is 4.79 Å². The Bertz CT molecular complexity index is 456. The number of rotatable bonds is 7. The molecule has 0 N–H and O–H groups in total. The maximum absolute atomic E-state index is 12.3. The van der Waals surface area contributed by atoms with Crippen molar-refractivity contribution in [2.75, 3.05) is 12.5 Å². The molecule has 0 aromatic heterocycles. The Morgan fingerprint density at radius 1 is 1.37 bits per heavy atom. The van der Waals surface area contributed by atoms with E-state index in [0.29, 0.717) is 41.7 Å². The number of carbonyl (C=O) groups excluding carboxylic acids is 1. The van der Waals surface area contributed by atoms with Crippen molar-refractivity contribution in [3.63, 3.8) is 0 Å². The van der Waals surface area contributed by atoms with Crippen LogP contribution in [0.1, 0.15) is 47.7 Å². The maximum Gasteiger partial charge on any atom is 0.166 e. The van der Waals surface area contributed by atoms with Crippen LogP contribution in [0.25, 0.3) is 0 Å². The van der Waals surface area contributed by atoms with E-state index in [0.717, 1.165) is 17.5 Å². The summed E-state index contributed by atoms with van der Waals surface area (Å²) in [6, 6.07) is 1.85. The van der Waals surface area contributed by atoms with E-state index in [1.165, 1.54) is 0 Å². The highest BCUT2D eigenvalue weighted by Crippen LogP contribution is 2.33. The highest BCUT2D eigenvalue weighted by Gasteiger charge is 2.19. The molecule has 0 saturated heterocycles. The number of ether oxygens (including phenoxy) is 1. The second-order valence-corrected chi connectivity index (χ2v) is 5.35. The molecule has 2 nitrogen and oxygen atoms in total. The minimum absolute atomic E-state index is 0.0508. The van der Waals surface area contributed by atoms with Crippen LogP contribution in [0.3, 0.4) is 0 Å². The molecule has 0 fully saturated rings. The first kappa shape index (κ1) is 16.3. The fraction of sp³-hybridized carbons (Fsp3) is 0.533. The molecule has 0 unspecified atom stereocenters. The lowest BCUT2D eigenvalue weighted by Crippen LogP contribution is -2.09.